The molecule has 0 spiro atoms. The minimum Gasteiger partial charge on any atom is -0.490 e. The van der Waals surface area contributed by atoms with E-state index in [-0.39, 0.29) is 0 Å². The fraction of sp³-hybridized carbons (Fsp3) is 0.500. The Balaban J connectivity index is 1.27. The summed E-state index contributed by atoms with van der Waals surface area (Å²) in [6.45, 7) is 4.50. The minimum absolute atomic E-state index is 0.559. The van der Waals surface area contributed by atoms with E-state index in [9.17, 15) is 0 Å². The first-order valence-electron chi connectivity index (χ1n) is 7.48. The van der Waals surface area contributed by atoms with E-state index in [0.29, 0.717) is 52.9 Å². The Morgan fingerprint density at radius 3 is 1.30 bits per heavy atom. The van der Waals surface area contributed by atoms with Gasteiger partial charge in [-0.05, 0) is 22.9 Å². The summed E-state index contributed by atoms with van der Waals surface area (Å²) in [5.74, 6) is 1.80. The summed E-state index contributed by atoms with van der Waals surface area (Å²) in [4.78, 5) is 0. The molecule has 0 aliphatic carbocycles. The second-order valence-corrected chi connectivity index (χ2v) is 6.01. The summed E-state index contributed by atoms with van der Waals surface area (Å²) in [6.07, 6.45) is 0. The lowest BCUT2D eigenvalue weighted by Gasteiger charge is -2.08. The Morgan fingerprint density at radius 2 is 0.957 bits per heavy atom. The van der Waals surface area contributed by atoms with E-state index in [4.69, 9.17) is 23.7 Å². The van der Waals surface area contributed by atoms with Crippen molar-refractivity contribution in [3.63, 3.8) is 0 Å². The van der Waals surface area contributed by atoms with E-state index in [1.807, 2.05) is 33.7 Å². The predicted octanol–water partition coefficient (Wildman–Crippen LogP) is 3.32. The Labute approximate surface area is 144 Å². The van der Waals surface area contributed by atoms with Crippen LogP contribution in [0.4, 0.5) is 0 Å². The molecule has 0 aliphatic rings. The van der Waals surface area contributed by atoms with Crippen molar-refractivity contribution < 1.29 is 23.7 Å². The second kappa shape index (κ2) is 12.3. The molecule has 0 fully saturated rings. The van der Waals surface area contributed by atoms with Gasteiger partial charge in [-0.2, -0.15) is 0 Å². The van der Waals surface area contributed by atoms with Crippen molar-refractivity contribution in [2.45, 2.75) is 0 Å². The summed E-state index contributed by atoms with van der Waals surface area (Å²) in [5.41, 5.74) is 0. The van der Waals surface area contributed by atoms with Crippen molar-refractivity contribution >= 4 is 22.7 Å². The molecule has 0 radical (unpaired) electrons. The number of hydrogen-bond donors (Lipinski definition) is 0. The first kappa shape index (κ1) is 18.2. The summed E-state index contributed by atoms with van der Waals surface area (Å²) in [6, 6.07) is 3.89. The van der Waals surface area contributed by atoms with Crippen LogP contribution in [0.1, 0.15) is 0 Å². The molecule has 0 aromatic carbocycles. The Kier molecular flexibility index (Phi) is 9.76. The fourth-order valence-electron chi connectivity index (χ4n) is 1.65. The van der Waals surface area contributed by atoms with Crippen molar-refractivity contribution in [3.05, 3.63) is 33.7 Å². The molecular weight excluding hydrogens is 336 g/mol. The van der Waals surface area contributed by atoms with Crippen LogP contribution in [-0.2, 0) is 14.2 Å². The van der Waals surface area contributed by atoms with E-state index in [0.717, 1.165) is 11.5 Å². The summed E-state index contributed by atoms with van der Waals surface area (Å²) in [7, 11) is 0. The van der Waals surface area contributed by atoms with Gasteiger partial charge >= 0.3 is 0 Å². The third-order valence-electron chi connectivity index (χ3n) is 2.73. The zero-order valence-corrected chi connectivity index (χ0v) is 14.6. The van der Waals surface area contributed by atoms with E-state index in [1.165, 1.54) is 0 Å². The lowest BCUT2D eigenvalue weighted by molar-refractivity contribution is 0.00503. The van der Waals surface area contributed by atoms with Crippen LogP contribution < -0.4 is 9.47 Å². The highest BCUT2D eigenvalue weighted by atomic mass is 32.1. The molecule has 7 heteroatoms. The summed E-state index contributed by atoms with van der Waals surface area (Å²) in [5, 5.41) is 7.91. The number of rotatable bonds is 14. The Morgan fingerprint density at radius 1 is 0.565 bits per heavy atom. The highest BCUT2D eigenvalue weighted by molar-refractivity contribution is 7.08. The van der Waals surface area contributed by atoms with Gasteiger partial charge in [0.15, 0.2) is 0 Å². The van der Waals surface area contributed by atoms with Gasteiger partial charge in [0.2, 0.25) is 0 Å². The molecule has 23 heavy (non-hydrogen) atoms. The van der Waals surface area contributed by atoms with Crippen LogP contribution in [-0.4, -0.2) is 52.9 Å². The lowest BCUT2D eigenvalue weighted by Crippen LogP contribution is -2.14. The van der Waals surface area contributed by atoms with Gasteiger partial charge in [-0.1, -0.05) is 0 Å². The first-order chi connectivity index (χ1) is 11.4. The SMILES string of the molecule is c1cc(OCCOCCOCCOCCOc2ccsc2)cs1. The van der Waals surface area contributed by atoms with Gasteiger partial charge in [0.1, 0.15) is 24.7 Å². The standard InChI is InChI=1S/C16H22O5S2/c1-11-22-13-15(1)20-9-7-18-5-3-17-4-6-19-8-10-21-16-2-12-23-14-16/h1-2,11-14H,3-10H2. The van der Waals surface area contributed by atoms with Crippen LogP contribution in [0.5, 0.6) is 11.5 Å². The largest absolute Gasteiger partial charge is 0.490 e. The predicted molar refractivity (Wildman–Crippen MR) is 92.1 cm³/mol. The quantitative estimate of drug-likeness (QED) is 0.485. The molecule has 2 rings (SSSR count). The van der Waals surface area contributed by atoms with E-state index in [1.54, 1.807) is 22.7 Å². The zero-order chi connectivity index (χ0) is 16.0. The van der Waals surface area contributed by atoms with Crippen LogP contribution in [0.25, 0.3) is 0 Å². The highest BCUT2D eigenvalue weighted by Gasteiger charge is 1.95. The molecule has 0 aliphatic heterocycles. The van der Waals surface area contributed by atoms with Gasteiger partial charge < -0.3 is 23.7 Å². The molecule has 128 valence electrons. The number of thiophene rings is 2. The van der Waals surface area contributed by atoms with E-state index < -0.39 is 0 Å². The van der Waals surface area contributed by atoms with Crippen molar-refractivity contribution in [2.75, 3.05) is 52.9 Å². The van der Waals surface area contributed by atoms with E-state index in [2.05, 4.69) is 0 Å². The maximum absolute atomic E-state index is 5.47. The third-order valence-corrected chi connectivity index (χ3v) is 4.05. The summed E-state index contributed by atoms with van der Waals surface area (Å²) >= 11 is 3.24. The van der Waals surface area contributed by atoms with Crippen LogP contribution in [0, 0.1) is 0 Å². The van der Waals surface area contributed by atoms with Gasteiger partial charge in [0.05, 0.1) is 39.6 Å². The van der Waals surface area contributed by atoms with Gasteiger partial charge in [-0.3, -0.25) is 0 Å². The van der Waals surface area contributed by atoms with Gasteiger partial charge in [0, 0.05) is 10.8 Å². The molecule has 5 nitrogen and oxygen atoms in total. The molecule has 0 amide bonds. The minimum atomic E-state index is 0.559. The molecule has 0 bridgehead atoms. The molecule has 0 N–H and O–H groups in total. The monoisotopic (exact) mass is 358 g/mol. The maximum Gasteiger partial charge on any atom is 0.130 e. The topological polar surface area (TPSA) is 46.2 Å². The van der Waals surface area contributed by atoms with Crippen LogP contribution in [0.15, 0.2) is 33.7 Å². The van der Waals surface area contributed by atoms with Crippen LogP contribution >= 0.6 is 22.7 Å². The molecular formula is C16H22O5S2. The smallest absolute Gasteiger partial charge is 0.130 e. The summed E-state index contributed by atoms with van der Waals surface area (Å²) < 4.78 is 27.2. The maximum atomic E-state index is 5.47. The van der Waals surface area contributed by atoms with Crippen molar-refractivity contribution in [1.29, 1.82) is 0 Å². The highest BCUT2D eigenvalue weighted by Crippen LogP contribution is 2.14. The van der Waals surface area contributed by atoms with Crippen molar-refractivity contribution in [2.24, 2.45) is 0 Å². The fourth-order valence-corrected chi connectivity index (χ4v) is 2.79. The average molecular weight is 358 g/mol. The average Bonchev–Trinajstić information content (AvgIpc) is 3.25. The Hall–Kier alpha value is -1.12. The molecule has 0 saturated heterocycles. The second-order valence-electron chi connectivity index (χ2n) is 4.45. The van der Waals surface area contributed by atoms with E-state index >= 15 is 0 Å². The molecule has 0 atom stereocenters. The lowest BCUT2D eigenvalue weighted by atomic mass is 10.6. The Bertz CT molecular complexity index is 428. The third kappa shape index (κ3) is 8.92. The molecule has 2 aromatic rings. The normalized spacial score (nSPS) is 10.8. The van der Waals surface area contributed by atoms with Gasteiger partial charge in [-0.25, -0.2) is 0 Å². The van der Waals surface area contributed by atoms with Gasteiger partial charge in [-0.15, -0.1) is 22.7 Å². The molecule has 2 aromatic heterocycles. The molecule has 0 unspecified atom stereocenters. The van der Waals surface area contributed by atoms with Gasteiger partial charge in [0.25, 0.3) is 0 Å². The molecule has 0 saturated carbocycles. The number of hydrogen-bond acceptors (Lipinski definition) is 7. The number of ether oxygens (including phenoxy) is 5. The van der Waals surface area contributed by atoms with Crippen molar-refractivity contribution in [3.8, 4) is 11.5 Å². The van der Waals surface area contributed by atoms with Crippen LogP contribution in [0.2, 0.25) is 0 Å². The zero-order valence-electron chi connectivity index (χ0n) is 13.0. The first-order valence-corrected chi connectivity index (χ1v) is 9.37. The molecule has 2 heterocycles. The van der Waals surface area contributed by atoms with Crippen molar-refractivity contribution in [1.82, 2.24) is 0 Å². The van der Waals surface area contributed by atoms with Crippen LogP contribution in [0.3, 0.4) is 0 Å².